The first-order chi connectivity index (χ1) is 11.2. The number of fused-ring (bicyclic) bond motifs is 1. The van der Waals surface area contributed by atoms with Crippen molar-refractivity contribution >= 4 is 23.4 Å². The van der Waals surface area contributed by atoms with Gasteiger partial charge in [-0.15, -0.1) is 12.4 Å². The van der Waals surface area contributed by atoms with Crippen molar-refractivity contribution in [3.63, 3.8) is 0 Å². The molecule has 0 atom stereocenters. The van der Waals surface area contributed by atoms with Crippen LogP contribution < -0.4 is 10.7 Å². The highest BCUT2D eigenvalue weighted by Gasteiger charge is 2.18. The van der Waals surface area contributed by atoms with Crippen LogP contribution in [0.5, 0.6) is 5.75 Å². The van der Waals surface area contributed by atoms with E-state index in [1.165, 1.54) is 0 Å². The van der Waals surface area contributed by atoms with E-state index in [9.17, 15) is 9.90 Å². The molecule has 0 aliphatic heterocycles. The van der Waals surface area contributed by atoms with Crippen LogP contribution >= 0.6 is 12.4 Å². The molecule has 0 saturated carbocycles. The van der Waals surface area contributed by atoms with Gasteiger partial charge in [-0.2, -0.15) is 0 Å². The highest BCUT2D eigenvalue weighted by Crippen LogP contribution is 2.31. The standard InChI is InChI=1S/C19H19NO3.ClH/c1-3-13-17(22)14-9-10-16(21)15(11-20-2)19(14)23-18(13)12-7-5-4-6-8-12;/h4-10,20-21H,3,11H2,1-2H3;1H. The monoisotopic (exact) mass is 345 g/mol. The molecule has 3 rings (SSSR count). The van der Waals surface area contributed by atoms with Crippen molar-refractivity contribution < 1.29 is 9.52 Å². The van der Waals surface area contributed by atoms with Crippen molar-refractivity contribution in [3.8, 4) is 17.1 Å². The van der Waals surface area contributed by atoms with Gasteiger partial charge in [-0.05, 0) is 25.6 Å². The predicted octanol–water partition coefficient (Wildman–Crippen LogP) is 3.87. The van der Waals surface area contributed by atoms with Gasteiger partial charge in [-0.1, -0.05) is 37.3 Å². The molecule has 0 spiro atoms. The van der Waals surface area contributed by atoms with Gasteiger partial charge in [0.2, 0.25) is 0 Å². The predicted molar refractivity (Wildman–Crippen MR) is 99.0 cm³/mol. The van der Waals surface area contributed by atoms with Crippen molar-refractivity contribution in [1.82, 2.24) is 5.32 Å². The second-order valence-corrected chi connectivity index (χ2v) is 5.43. The van der Waals surface area contributed by atoms with Crippen LogP contribution in [0.2, 0.25) is 0 Å². The van der Waals surface area contributed by atoms with E-state index in [2.05, 4.69) is 5.32 Å². The lowest BCUT2D eigenvalue weighted by Crippen LogP contribution is -2.13. The van der Waals surface area contributed by atoms with Crippen LogP contribution in [0.3, 0.4) is 0 Å². The fraction of sp³-hybridized carbons (Fsp3) is 0.211. The van der Waals surface area contributed by atoms with Crippen LogP contribution in [0.1, 0.15) is 18.1 Å². The summed E-state index contributed by atoms with van der Waals surface area (Å²) in [6, 6.07) is 12.8. The SMILES string of the molecule is CCc1c(-c2ccccc2)oc2c(CNC)c(O)ccc2c1=O.Cl. The second-order valence-electron chi connectivity index (χ2n) is 5.43. The third-order valence-electron chi connectivity index (χ3n) is 3.98. The zero-order chi connectivity index (χ0) is 16.4. The molecule has 0 fully saturated rings. The summed E-state index contributed by atoms with van der Waals surface area (Å²) in [6.07, 6.45) is 0.588. The fourth-order valence-electron chi connectivity index (χ4n) is 2.83. The van der Waals surface area contributed by atoms with Crippen LogP contribution in [0.4, 0.5) is 0 Å². The van der Waals surface area contributed by atoms with E-state index in [0.29, 0.717) is 40.8 Å². The quantitative estimate of drug-likeness (QED) is 0.753. The number of halogens is 1. The molecule has 0 aliphatic carbocycles. The molecule has 0 aliphatic rings. The summed E-state index contributed by atoms with van der Waals surface area (Å²) >= 11 is 0. The van der Waals surface area contributed by atoms with Crippen molar-refractivity contribution in [2.75, 3.05) is 7.05 Å². The second kappa shape index (κ2) is 7.51. The first-order valence-electron chi connectivity index (χ1n) is 7.68. The normalized spacial score (nSPS) is 10.6. The minimum absolute atomic E-state index is 0. The molecule has 126 valence electrons. The van der Waals surface area contributed by atoms with Crippen molar-refractivity contribution in [1.29, 1.82) is 0 Å². The van der Waals surface area contributed by atoms with Gasteiger partial charge in [-0.3, -0.25) is 4.79 Å². The van der Waals surface area contributed by atoms with E-state index < -0.39 is 0 Å². The van der Waals surface area contributed by atoms with Gasteiger partial charge in [0.05, 0.1) is 10.9 Å². The summed E-state index contributed by atoms with van der Waals surface area (Å²) in [5.41, 5.74) is 2.53. The number of aromatic hydroxyl groups is 1. The van der Waals surface area contributed by atoms with Gasteiger partial charge in [0.25, 0.3) is 0 Å². The van der Waals surface area contributed by atoms with E-state index in [1.807, 2.05) is 37.3 Å². The van der Waals surface area contributed by atoms with Crippen LogP contribution in [-0.2, 0) is 13.0 Å². The Balaban J connectivity index is 0.00000208. The van der Waals surface area contributed by atoms with E-state index >= 15 is 0 Å². The number of hydrogen-bond donors (Lipinski definition) is 2. The first-order valence-corrected chi connectivity index (χ1v) is 7.68. The Morgan fingerprint density at radius 1 is 1.08 bits per heavy atom. The van der Waals surface area contributed by atoms with Crippen LogP contribution in [0.15, 0.2) is 51.7 Å². The summed E-state index contributed by atoms with van der Waals surface area (Å²) < 4.78 is 6.12. The largest absolute Gasteiger partial charge is 0.507 e. The van der Waals surface area contributed by atoms with E-state index in [1.54, 1.807) is 19.2 Å². The molecule has 0 bridgehead atoms. The topological polar surface area (TPSA) is 62.5 Å². The Morgan fingerprint density at radius 2 is 1.79 bits per heavy atom. The number of rotatable bonds is 4. The molecular weight excluding hydrogens is 326 g/mol. The summed E-state index contributed by atoms with van der Waals surface area (Å²) in [5.74, 6) is 0.701. The summed E-state index contributed by atoms with van der Waals surface area (Å²) in [7, 11) is 1.79. The Labute approximate surface area is 146 Å². The van der Waals surface area contributed by atoms with E-state index in [-0.39, 0.29) is 23.6 Å². The van der Waals surface area contributed by atoms with Crippen LogP contribution in [0.25, 0.3) is 22.3 Å². The number of phenols is 1. The minimum Gasteiger partial charge on any atom is -0.507 e. The number of hydrogen-bond acceptors (Lipinski definition) is 4. The molecule has 1 aromatic heterocycles. The molecule has 0 amide bonds. The van der Waals surface area contributed by atoms with Gasteiger partial charge in [0.1, 0.15) is 17.1 Å². The first kappa shape index (κ1) is 18.0. The van der Waals surface area contributed by atoms with Gasteiger partial charge in [-0.25, -0.2) is 0 Å². The fourth-order valence-corrected chi connectivity index (χ4v) is 2.83. The van der Waals surface area contributed by atoms with Gasteiger partial charge in [0, 0.05) is 17.7 Å². The molecule has 2 N–H and O–H groups in total. The molecule has 0 saturated heterocycles. The maximum Gasteiger partial charge on any atom is 0.196 e. The number of nitrogens with one attached hydrogen (secondary N) is 1. The zero-order valence-electron chi connectivity index (χ0n) is 13.6. The van der Waals surface area contributed by atoms with Crippen LogP contribution in [0, 0.1) is 0 Å². The third-order valence-corrected chi connectivity index (χ3v) is 3.98. The Hall–Kier alpha value is -2.30. The lowest BCUT2D eigenvalue weighted by Gasteiger charge is -2.12. The third kappa shape index (κ3) is 3.03. The molecule has 4 nitrogen and oxygen atoms in total. The summed E-state index contributed by atoms with van der Waals surface area (Å²) in [5, 5.41) is 13.6. The van der Waals surface area contributed by atoms with Crippen molar-refractivity contribution in [2.45, 2.75) is 19.9 Å². The molecule has 5 heteroatoms. The van der Waals surface area contributed by atoms with Crippen LogP contribution in [-0.4, -0.2) is 12.2 Å². The highest BCUT2D eigenvalue weighted by atomic mass is 35.5. The van der Waals surface area contributed by atoms with Gasteiger partial charge >= 0.3 is 0 Å². The smallest absolute Gasteiger partial charge is 0.196 e. The average Bonchev–Trinajstić information content (AvgIpc) is 2.58. The molecule has 3 aromatic rings. The van der Waals surface area contributed by atoms with Gasteiger partial charge < -0.3 is 14.8 Å². The molecule has 1 heterocycles. The molecule has 0 radical (unpaired) electrons. The summed E-state index contributed by atoms with van der Waals surface area (Å²) in [6.45, 7) is 2.37. The lowest BCUT2D eigenvalue weighted by atomic mass is 10.0. The maximum absolute atomic E-state index is 12.9. The molecule has 24 heavy (non-hydrogen) atoms. The lowest BCUT2D eigenvalue weighted by molar-refractivity contribution is 0.464. The molecular formula is C19H20ClNO3. The zero-order valence-corrected chi connectivity index (χ0v) is 14.4. The Kier molecular flexibility index (Phi) is 5.65. The average molecular weight is 346 g/mol. The minimum atomic E-state index is -0.0371. The molecule has 2 aromatic carbocycles. The summed E-state index contributed by atoms with van der Waals surface area (Å²) in [4.78, 5) is 12.9. The number of benzene rings is 2. The Morgan fingerprint density at radius 3 is 2.42 bits per heavy atom. The van der Waals surface area contributed by atoms with Crippen molar-refractivity contribution in [3.05, 3.63) is 63.8 Å². The van der Waals surface area contributed by atoms with Gasteiger partial charge in [0.15, 0.2) is 5.43 Å². The molecule has 0 unspecified atom stereocenters. The number of phenolic OH excluding ortho intramolecular Hbond substituents is 1. The van der Waals surface area contributed by atoms with E-state index in [0.717, 1.165) is 5.56 Å². The van der Waals surface area contributed by atoms with Crippen molar-refractivity contribution in [2.24, 2.45) is 0 Å². The Bertz CT molecular complexity index is 904. The maximum atomic E-state index is 12.9. The highest BCUT2D eigenvalue weighted by molar-refractivity contribution is 5.85. The van der Waals surface area contributed by atoms with E-state index in [4.69, 9.17) is 4.42 Å².